The van der Waals surface area contributed by atoms with Crippen molar-refractivity contribution in [2.45, 2.75) is 38.8 Å². The summed E-state index contributed by atoms with van der Waals surface area (Å²) >= 11 is 0. The molecule has 0 bridgehead atoms. The van der Waals surface area contributed by atoms with Gasteiger partial charge in [0.1, 0.15) is 5.60 Å². The Bertz CT molecular complexity index is 863. The van der Waals surface area contributed by atoms with Gasteiger partial charge in [0, 0.05) is 6.42 Å². The predicted octanol–water partition coefficient (Wildman–Crippen LogP) is 5.00. The highest BCUT2D eigenvalue weighted by Gasteiger charge is 2.42. The number of benzene rings is 2. The molecule has 2 amide bonds. The number of amides is 2. The van der Waals surface area contributed by atoms with E-state index >= 15 is 0 Å². The Morgan fingerprint density at radius 2 is 1.67 bits per heavy atom. The van der Waals surface area contributed by atoms with E-state index in [1.807, 2.05) is 54.6 Å². The molecule has 2 aromatic carbocycles. The first-order valence-electron chi connectivity index (χ1n) is 8.85. The summed E-state index contributed by atoms with van der Waals surface area (Å²) in [5, 5.41) is 9.36. The minimum Gasteiger partial charge on any atom is -0.515 e. The molecule has 0 aliphatic carbocycles. The zero-order valence-corrected chi connectivity index (χ0v) is 15.7. The van der Waals surface area contributed by atoms with Gasteiger partial charge in [-0.05, 0) is 37.5 Å². The highest BCUT2D eigenvalue weighted by molar-refractivity contribution is 6.05. The number of imide groups is 1. The van der Waals surface area contributed by atoms with Gasteiger partial charge in [-0.1, -0.05) is 54.6 Å². The third kappa shape index (κ3) is 4.03. The average molecular weight is 365 g/mol. The van der Waals surface area contributed by atoms with Crippen molar-refractivity contribution >= 4 is 12.0 Å². The summed E-state index contributed by atoms with van der Waals surface area (Å²) in [5.74, 6) is -0.524. The van der Waals surface area contributed by atoms with E-state index in [4.69, 9.17) is 4.74 Å². The standard InChI is InChI=1S/C22H23NO4/c1-22(2,3)27-21(26)23-19(13-18(14-24)20(23)25)17-11-9-16(10-12-17)15-7-5-4-6-8-15/h4-12,14,19,24H,13H2,1-3H3/b18-14+. The van der Waals surface area contributed by atoms with Gasteiger partial charge < -0.3 is 9.84 Å². The van der Waals surface area contributed by atoms with Crippen molar-refractivity contribution in [3.63, 3.8) is 0 Å². The number of nitrogens with zero attached hydrogens (tertiary/aromatic N) is 1. The van der Waals surface area contributed by atoms with E-state index in [9.17, 15) is 14.7 Å². The summed E-state index contributed by atoms with van der Waals surface area (Å²) in [4.78, 5) is 26.2. The predicted molar refractivity (Wildman–Crippen MR) is 103 cm³/mol. The van der Waals surface area contributed by atoms with Gasteiger partial charge in [-0.2, -0.15) is 0 Å². The van der Waals surface area contributed by atoms with Crippen molar-refractivity contribution < 1.29 is 19.4 Å². The first kappa shape index (κ1) is 18.7. The number of carbonyl (C=O) groups is 2. The van der Waals surface area contributed by atoms with Crippen LogP contribution in [0.4, 0.5) is 4.79 Å². The molecule has 5 nitrogen and oxygen atoms in total. The molecule has 0 radical (unpaired) electrons. The van der Waals surface area contributed by atoms with Gasteiger partial charge in [0.2, 0.25) is 0 Å². The molecule has 5 heteroatoms. The topological polar surface area (TPSA) is 66.8 Å². The number of hydrogen-bond donors (Lipinski definition) is 1. The summed E-state index contributed by atoms with van der Waals surface area (Å²) < 4.78 is 5.39. The van der Waals surface area contributed by atoms with Gasteiger partial charge >= 0.3 is 6.09 Å². The van der Waals surface area contributed by atoms with Crippen LogP contribution in [0, 0.1) is 0 Å². The van der Waals surface area contributed by atoms with Crippen LogP contribution in [-0.2, 0) is 9.53 Å². The summed E-state index contributed by atoms with van der Waals surface area (Å²) in [7, 11) is 0. The quantitative estimate of drug-likeness (QED) is 0.600. The van der Waals surface area contributed by atoms with E-state index < -0.39 is 23.6 Å². The Hall–Kier alpha value is -3.08. The van der Waals surface area contributed by atoms with E-state index in [0.717, 1.165) is 27.9 Å². The molecule has 0 saturated carbocycles. The van der Waals surface area contributed by atoms with E-state index in [0.29, 0.717) is 0 Å². The van der Waals surface area contributed by atoms with Gasteiger partial charge in [-0.3, -0.25) is 4.79 Å². The van der Waals surface area contributed by atoms with Crippen molar-refractivity contribution in [3.8, 4) is 11.1 Å². The number of aliphatic hydroxyl groups is 1. The number of ether oxygens (including phenoxy) is 1. The largest absolute Gasteiger partial charge is 0.515 e. The number of carbonyl (C=O) groups excluding carboxylic acids is 2. The molecule has 27 heavy (non-hydrogen) atoms. The molecule has 1 N–H and O–H groups in total. The lowest BCUT2D eigenvalue weighted by Crippen LogP contribution is -2.39. The molecule has 1 fully saturated rings. The molecule has 1 unspecified atom stereocenters. The van der Waals surface area contributed by atoms with Crippen LogP contribution >= 0.6 is 0 Å². The lowest BCUT2D eigenvalue weighted by molar-refractivity contribution is -0.125. The molecule has 0 spiro atoms. The average Bonchev–Trinajstić information content (AvgIpc) is 2.98. The van der Waals surface area contributed by atoms with E-state index in [1.54, 1.807) is 20.8 Å². The molecular weight excluding hydrogens is 342 g/mol. The Morgan fingerprint density at radius 3 is 2.22 bits per heavy atom. The zero-order chi connectivity index (χ0) is 19.6. The highest BCUT2D eigenvalue weighted by Crippen LogP contribution is 2.37. The van der Waals surface area contributed by atoms with Crippen LogP contribution in [0.2, 0.25) is 0 Å². The Labute approximate surface area is 158 Å². The maximum absolute atomic E-state index is 12.6. The van der Waals surface area contributed by atoms with Gasteiger partial charge in [0.15, 0.2) is 0 Å². The highest BCUT2D eigenvalue weighted by atomic mass is 16.6. The SMILES string of the molecule is CC(C)(C)OC(=O)N1C(=O)/C(=C/O)CC1c1ccc(-c2ccccc2)cc1. The van der Waals surface area contributed by atoms with Crippen molar-refractivity contribution in [1.29, 1.82) is 0 Å². The van der Waals surface area contributed by atoms with Crippen LogP contribution in [0.3, 0.4) is 0 Å². The molecule has 2 aromatic rings. The van der Waals surface area contributed by atoms with Crippen molar-refractivity contribution in [2.24, 2.45) is 0 Å². The van der Waals surface area contributed by atoms with E-state index in [1.165, 1.54) is 0 Å². The first-order chi connectivity index (χ1) is 12.8. The summed E-state index contributed by atoms with van der Waals surface area (Å²) in [6, 6.07) is 17.2. The van der Waals surface area contributed by atoms with Gasteiger partial charge in [-0.15, -0.1) is 0 Å². The number of likely N-dealkylation sites (tertiary alicyclic amines) is 1. The molecule has 1 atom stereocenters. The fraction of sp³-hybridized carbons (Fsp3) is 0.273. The molecule has 1 heterocycles. The van der Waals surface area contributed by atoms with Crippen LogP contribution in [-0.4, -0.2) is 27.6 Å². The fourth-order valence-corrected chi connectivity index (χ4v) is 3.11. The maximum Gasteiger partial charge on any atom is 0.417 e. The molecule has 3 rings (SSSR count). The molecule has 1 saturated heterocycles. The first-order valence-corrected chi connectivity index (χ1v) is 8.85. The van der Waals surface area contributed by atoms with Crippen molar-refractivity contribution in [2.75, 3.05) is 0 Å². The normalized spacial score (nSPS) is 18.8. The Balaban J connectivity index is 1.90. The van der Waals surface area contributed by atoms with Crippen molar-refractivity contribution in [3.05, 3.63) is 72.0 Å². The van der Waals surface area contributed by atoms with Crippen LogP contribution in [0.15, 0.2) is 66.4 Å². The Kier molecular flexibility index (Phi) is 5.04. The summed E-state index contributed by atoms with van der Waals surface area (Å²) in [5.41, 5.74) is 2.42. The molecular formula is C22H23NO4. The maximum atomic E-state index is 12.6. The second-order valence-electron chi connectivity index (χ2n) is 7.52. The summed E-state index contributed by atoms with van der Waals surface area (Å²) in [6.45, 7) is 5.24. The number of rotatable bonds is 2. The molecule has 140 valence electrons. The van der Waals surface area contributed by atoms with Crippen LogP contribution in [0.1, 0.15) is 38.8 Å². The van der Waals surface area contributed by atoms with Crippen LogP contribution in [0.5, 0.6) is 0 Å². The molecule has 0 aromatic heterocycles. The number of aliphatic hydroxyl groups excluding tert-OH is 1. The summed E-state index contributed by atoms with van der Waals surface area (Å²) in [6.07, 6.45) is 0.318. The van der Waals surface area contributed by atoms with E-state index in [2.05, 4.69) is 0 Å². The lowest BCUT2D eigenvalue weighted by Gasteiger charge is -2.27. The van der Waals surface area contributed by atoms with Gasteiger partial charge in [0.05, 0.1) is 17.9 Å². The zero-order valence-electron chi connectivity index (χ0n) is 15.7. The van der Waals surface area contributed by atoms with Gasteiger partial charge in [0.25, 0.3) is 5.91 Å². The monoisotopic (exact) mass is 365 g/mol. The minimum atomic E-state index is -0.717. The van der Waals surface area contributed by atoms with E-state index in [-0.39, 0.29) is 12.0 Å². The van der Waals surface area contributed by atoms with Crippen molar-refractivity contribution in [1.82, 2.24) is 4.90 Å². The molecule has 1 aliphatic rings. The number of hydrogen-bond acceptors (Lipinski definition) is 4. The fourth-order valence-electron chi connectivity index (χ4n) is 3.11. The smallest absolute Gasteiger partial charge is 0.417 e. The molecule has 1 aliphatic heterocycles. The second kappa shape index (κ2) is 7.27. The van der Waals surface area contributed by atoms with Crippen LogP contribution in [0.25, 0.3) is 11.1 Å². The third-order valence-corrected chi connectivity index (χ3v) is 4.37. The second-order valence-corrected chi connectivity index (χ2v) is 7.52. The minimum absolute atomic E-state index is 0.193. The Morgan fingerprint density at radius 1 is 1.07 bits per heavy atom. The third-order valence-electron chi connectivity index (χ3n) is 4.37. The van der Waals surface area contributed by atoms with Crippen LogP contribution < -0.4 is 0 Å². The lowest BCUT2D eigenvalue weighted by atomic mass is 9.99. The van der Waals surface area contributed by atoms with Gasteiger partial charge in [-0.25, -0.2) is 9.69 Å².